The van der Waals surface area contributed by atoms with Gasteiger partial charge in [-0.15, -0.1) is 0 Å². The van der Waals surface area contributed by atoms with Crippen LogP contribution in [0.4, 0.5) is 0 Å². The van der Waals surface area contributed by atoms with E-state index in [2.05, 4.69) is 29.0 Å². The molecule has 2 unspecified atom stereocenters. The molecule has 0 bridgehead atoms. The van der Waals surface area contributed by atoms with Crippen molar-refractivity contribution in [2.45, 2.75) is 148 Å². The van der Waals surface area contributed by atoms with E-state index in [0.29, 0.717) is 25.2 Å². The maximum Gasteiger partial charge on any atom is 0.472 e. The summed E-state index contributed by atoms with van der Waals surface area (Å²) in [5.41, 5.74) is 0. The number of phosphoric ester groups is 2. The van der Waals surface area contributed by atoms with Crippen molar-refractivity contribution in [3.05, 3.63) is 36.5 Å². The summed E-state index contributed by atoms with van der Waals surface area (Å²) in [6.45, 7) is 3.67. The maximum atomic E-state index is 12.5. The third kappa shape index (κ3) is 35.3. The summed E-state index contributed by atoms with van der Waals surface area (Å²) in [5.74, 6) is -0.412. The zero-order chi connectivity index (χ0) is 39.1. The van der Waals surface area contributed by atoms with Gasteiger partial charge in [0, 0.05) is 12.8 Å². The number of rotatable bonds is 34. The topological polar surface area (TPSA) is 216 Å². The third-order valence-electron chi connectivity index (χ3n) is 7.54. The molecule has 0 spiro atoms. The fourth-order valence-electron chi connectivity index (χ4n) is 4.68. The number of hydrogen-bond donors (Lipinski definition) is 5. The summed E-state index contributed by atoms with van der Waals surface area (Å²) in [5, 5.41) is 19.5. The van der Waals surface area contributed by atoms with Gasteiger partial charge in [0.2, 0.25) is 0 Å². The van der Waals surface area contributed by atoms with Crippen LogP contribution in [0.15, 0.2) is 36.5 Å². The van der Waals surface area contributed by atoms with Gasteiger partial charge in [0.15, 0.2) is 6.10 Å². The average Bonchev–Trinajstić information content (AvgIpc) is 3.07. The molecule has 0 heterocycles. The molecule has 0 fully saturated rings. The van der Waals surface area contributed by atoms with E-state index in [4.69, 9.17) is 23.8 Å². The van der Waals surface area contributed by atoms with Crippen LogP contribution in [-0.2, 0) is 41.8 Å². The Morgan fingerprint density at radius 1 is 0.673 bits per heavy atom. The van der Waals surface area contributed by atoms with E-state index in [9.17, 15) is 33.8 Å². The molecule has 5 N–H and O–H groups in total. The molecule has 16 heteroatoms. The number of esters is 2. The third-order valence-corrected chi connectivity index (χ3v) is 8.98. The molecule has 0 amide bonds. The number of ether oxygens (including phenoxy) is 2. The van der Waals surface area contributed by atoms with E-state index < -0.39 is 72.3 Å². The van der Waals surface area contributed by atoms with Crippen molar-refractivity contribution in [1.82, 2.24) is 0 Å². The van der Waals surface area contributed by atoms with Crippen LogP contribution in [-0.4, -0.2) is 81.6 Å². The lowest BCUT2D eigenvalue weighted by Gasteiger charge is -2.20. The van der Waals surface area contributed by atoms with Gasteiger partial charge in [-0.1, -0.05) is 115 Å². The monoisotopic (exact) mass is 784 g/mol. The molecule has 52 heavy (non-hydrogen) atoms. The first-order chi connectivity index (χ1) is 24.6. The van der Waals surface area contributed by atoms with Gasteiger partial charge in [0.05, 0.1) is 25.9 Å². The van der Waals surface area contributed by atoms with Crippen LogP contribution in [0.5, 0.6) is 0 Å². The van der Waals surface area contributed by atoms with Crippen molar-refractivity contribution in [2.24, 2.45) is 5.92 Å². The highest BCUT2D eigenvalue weighted by Crippen LogP contribution is 2.43. The number of carbonyl (C=O) groups excluding carboxylic acids is 2. The van der Waals surface area contributed by atoms with Gasteiger partial charge in [0.1, 0.15) is 12.7 Å². The standard InChI is InChI=1S/C36H66O14P2/c1-4-5-17-23-32(37)24-19-14-9-7-6-8-10-15-20-25-35(39)46-29-34(50-36(40)26-21-16-12-11-13-18-22-31(2)3)30-49-52(44,45)48-28-33(38)27-47-51(41,42)43/h5,9,14,17,19,24,31-34,37-38H,4,6-8,10-13,15-16,18,20-23,25-30H2,1-3H3,(H,44,45)(H2,41,42,43)/b14-9+,17-5+,24-19+/t32?,33-,34+/m0/s1. The Hall–Kier alpha value is -1.70. The summed E-state index contributed by atoms with van der Waals surface area (Å²) < 4.78 is 47.4. The summed E-state index contributed by atoms with van der Waals surface area (Å²) in [6, 6.07) is 0. The van der Waals surface area contributed by atoms with Gasteiger partial charge in [-0.25, -0.2) is 9.13 Å². The van der Waals surface area contributed by atoms with E-state index in [-0.39, 0.29) is 12.8 Å². The molecule has 0 aromatic rings. The fraction of sp³-hybridized carbons (Fsp3) is 0.778. The minimum Gasteiger partial charge on any atom is -0.462 e. The van der Waals surface area contributed by atoms with Crippen LogP contribution < -0.4 is 0 Å². The van der Waals surface area contributed by atoms with E-state index in [1.165, 1.54) is 12.8 Å². The lowest BCUT2D eigenvalue weighted by atomic mass is 10.0. The number of aliphatic hydroxyl groups is 2. The van der Waals surface area contributed by atoms with E-state index in [1.807, 2.05) is 31.2 Å². The molecule has 0 aliphatic carbocycles. The Bertz CT molecular complexity index is 1100. The summed E-state index contributed by atoms with van der Waals surface area (Å²) in [6.07, 6.45) is 22.4. The molecule has 0 aromatic heterocycles. The molecule has 0 aromatic carbocycles. The maximum absolute atomic E-state index is 12.5. The molecule has 0 aliphatic heterocycles. The molecule has 304 valence electrons. The second kappa shape index (κ2) is 31.6. The van der Waals surface area contributed by atoms with Gasteiger partial charge < -0.3 is 34.4 Å². The van der Waals surface area contributed by atoms with Gasteiger partial charge in [0.25, 0.3) is 0 Å². The largest absolute Gasteiger partial charge is 0.472 e. The zero-order valence-electron chi connectivity index (χ0n) is 31.4. The molecule has 14 nitrogen and oxygen atoms in total. The molecular formula is C36H66O14P2. The minimum absolute atomic E-state index is 0.113. The highest BCUT2D eigenvalue weighted by molar-refractivity contribution is 7.47. The second-order valence-electron chi connectivity index (χ2n) is 13.2. The predicted octanol–water partition coefficient (Wildman–Crippen LogP) is 7.38. The van der Waals surface area contributed by atoms with Crippen molar-refractivity contribution < 1.29 is 66.7 Å². The Kier molecular flexibility index (Phi) is 30.6. The summed E-state index contributed by atoms with van der Waals surface area (Å²) in [4.78, 5) is 52.3. The Labute approximate surface area is 310 Å². The number of hydrogen-bond acceptors (Lipinski definition) is 11. The van der Waals surface area contributed by atoms with E-state index >= 15 is 0 Å². The second-order valence-corrected chi connectivity index (χ2v) is 15.8. The van der Waals surface area contributed by atoms with Gasteiger partial charge in [-0.2, -0.15) is 0 Å². The molecule has 0 aliphatic rings. The zero-order valence-corrected chi connectivity index (χ0v) is 33.2. The van der Waals surface area contributed by atoms with E-state index in [0.717, 1.165) is 64.2 Å². The molecule has 0 saturated carbocycles. The van der Waals surface area contributed by atoms with Crippen LogP contribution in [0.3, 0.4) is 0 Å². The van der Waals surface area contributed by atoms with Crippen LogP contribution in [0.2, 0.25) is 0 Å². The fourth-order valence-corrected chi connectivity index (χ4v) is 5.84. The first kappa shape index (κ1) is 50.3. The molecular weight excluding hydrogens is 718 g/mol. The summed E-state index contributed by atoms with van der Waals surface area (Å²) in [7, 11) is -9.68. The van der Waals surface area contributed by atoms with Crippen molar-refractivity contribution in [2.75, 3.05) is 26.4 Å². The number of allylic oxidation sites excluding steroid dienone is 4. The highest BCUT2D eigenvalue weighted by atomic mass is 31.2. The number of aliphatic hydroxyl groups excluding tert-OH is 2. The highest BCUT2D eigenvalue weighted by Gasteiger charge is 2.28. The van der Waals surface area contributed by atoms with Crippen molar-refractivity contribution in [1.29, 1.82) is 0 Å². The lowest BCUT2D eigenvalue weighted by Crippen LogP contribution is -2.30. The first-order valence-electron chi connectivity index (χ1n) is 18.6. The Balaban J connectivity index is 4.62. The average molecular weight is 785 g/mol. The quantitative estimate of drug-likeness (QED) is 0.0142. The van der Waals surface area contributed by atoms with Crippen molar-refractivity contribution in [3.63, 3.8) is 0 Å². The van der Waals surface area contributed by atoms with Crippen molar-refractivity contribution in [3.8, 4) is 0 Å². The first-order valence-corrected chi connectivity index (χ1v) is 21.7. The number of carbonyl (C=O) groups is 2. The smallest absolute Gasteiger partial charge is 0.462 e. The predicted molar refractivity (Wildman–Crippen MR) is 199 cm³/mol. The SMILES string of the molecule is CC/C=C/CC(O)/C=C/C=C/CCCCCCCC(=O)OC[C@H](COP(=O)(O)OC[C@@H](O)COP(=O)(O)O)OC(=O)CCCCCCCCC(C)C. The number of phosphoric acid groups is 2. The van der Waals surface area contributed by atoms with Crippen LogP contribution in [0, 0.1) is 5.92 Å². The van der Waals surface area contributed by atoms with Crippen LogP contribution in [0.25, 0.3) is 0 Å². The van der Waals surface area contributed by atoms with Gasteiger partial charge in [-0.05, 0) is 44.4 Å². The summed E-state index contributed by atoms with van der Waals surface area (Å²) >= 11 is 0. The van der Waals surface area contributed by atoms with Crippen LogP contribution in [0.1, 0.15) is 130 Å². The Morgan fingerprint density at radius 2 is 1.25 bits per heavy atom. The lowest BCUT2D eigenvalue weighted by molar-refractivity contribution is -0.161. The molecule has 0 saturated heterocycles. The molecule has 4 atom stereocenters. The van der Waals surface area contributed by atoms with Crippen molar-refractivity contribution >= 4 is 27.6 Å². The number of unbranched alkanes of at least 4 members (excludes halogenated alkanes) is 10. The minimum atomic E-state index is -4.86. The van der Waals surface area contributed by atoms with E-state index in [1.54, 1.807) is 6.08 Å². The molecule has 0 rings (SSSR count). The van der Waals surface area contributed by atoms with Gasteiger partial charge in [-0.3, -0.25) is 23.2 Å². The normalized spacial score (nSPS) is 15.4. The van der Waals surface area contributed by atoms with Gasteiger partial charge >= 0.3 is 27.6 Å². The Morgan fingerprint density at radius 3 is 1.88 bits per heavy atom. The molecule has 0 radical (unpaired) electrons. The van der Waals surface area contributed by atoms with Crippen LogP contribution >= 0.6 is 15.6 Å².